The summed E-state index contributed by atoms with van der Waals surface area (Å²) in [4.78, 5) is 21.4. The van der Waals surface area contributed by atoms with Crippen molar-refractivity contribution in [3.63, 3.8) is 0 Å². The molecule has 164 valence electrons. The molecule has 0 aliphatic carbocycles. The molecule has 2 rings (SSSR count). The van der Waals surface area contributed by atoms with E-state index in [4.69, 9.17) is 5.73 Å². The van der Waals surface area contributed by atoms with Crippen molar-refractivity contribution in [2.75, 3.05) is 45.8 Å². The summed E-state index contributed by atoms with van der Waals surface area (Å²) in [7, 11) is 0. The van der Waals surface area contributed by atoms with Crippen molar-refractivity contribution in [2.24, 2.45) is 16.6 Å². The number of piperidine rings is 1. The third-order valence-corrected chi connectivity index (χ3v) is 5.53. The topological polar surface area (TPSA) is 86.0 Å². The molecule has 0 aromatic carbocycles. The fourth-order valence-electron chi connectivity index (χ4n) is 4.04. The van der Waals surface area contributed by atoms with E-state index >= 15 is 0 Å². The van der Waals surface area contributed by atoms with E-state index in [1.807, 2.05) is 20.8 Å². The van der Waals surface area contributed by atoms with Gasteiger partial charge in [0.25, 0.3) is 0 Å². The average Bonchev–Trinajstić information content (AvgIpc) is 3.05. The molecule has 2 heterocycles. The van der Waals surface area contributed by atoms with Crippen LogP contribution < -0.4 is 16.4 Å². The van der Waals surface area contributed by atoms with Crippen LogP contribution in [0.5, 0.6) is 0 Å². The summed E-state index contributed by atoms with van der Waals surface area (Å²) in [5.74, 6) is 1.25. The Hall–Kier alpha value is -0.610. The van der Waals surface area contributed by atoms with E-state index < -0.39 is 0 Å². The summed E-state index contributed by atoms with van der Waals surface area (Å²) >= 11 is 0. The monoisotopic (exact) mass is 508 g/mol. The van der Waals surface area contributed by atoms with E-state index in [2.05, 4.69) is 32.3 Å². The molecule has 2 fully saturated rings. The van der Waals surface area contributed by atoms with E-state index in [9.17, 15) is 4.79 Å². The molecule has 1 unspecified atom stereocenters. The first-order valence-corrected chi connectivity index (χ1v) is 10.6. The summed E-state index contributed by atoms with van der Waals surface area (Å²) in [6.45, 7) is 14.6. The highest BCUT2D eigenvalue weighted by molar-refractivity contribution is 14.0. The summed E-state index contributed by atoms with van der Waals surface area (Å²) in [6, 6.07) is 0.589. The predicted molar refractivity (Wildman–Crippen MR) is 127 cm³/mol. The summed E-state index contributed by atoms with van der Waals surface area (Å²) in [6.07, 6.45) is 4.68. The van der Waals surface area contributed by atoms with Crippen LogP contribution in [0, 0.1) is 5.92 Å². The van der Waals surface area contributed by atoms with Gasteiger partial charge in [-0.05, 0) is 78.6 Å². The zero-order valence-corrected chi connectivity index (χ0v) is 20.5. The molecule has 28 heavy (non-hydrogen) atoms. The number of halogens is 1. The van der Waals surface area contributed by atoms with Gasteiger partial charge in [-0.25, -0.2) is 0 Å². The number of carbonyl (C=O) groups is 1. The van der Waals surface area contributed by atoms with Crippen molar-refractivity contribution in [2.45, 2.75) is 65.0 Å². The maximum atomic E-state index is 12.0. The zero-order chi connectivity index (χ0) is 19.9. The molecular weight excluding hydrogens is 467 g/mol. The highest BCUT2D eigenvalue weighted by Gasteiger charge is 2.24. The lowest BCUT2D eigenvalue weighted by Gasteiger charge is -2.31. The predicted octanol–water partition coefficient (Wildman–Crippen LogP) is 1.62. The molecular formula is C20H41IN6O. The van der Waals surface area contributed by atoms with Gasteiger partial charge in [0.15, 0.2) is 5.96 Å². The lowest BCUT2D eigenvalue weighted by molar-refractivity contribution is -0.124. The second kappa shape index (κ2) is 12.2. The third kappa shape index (κ3) is 9.26. The second-order valence-electron chi connectivity index (χ2n) is 9.05. The van der Waals surface area contributed by atoms with E-state index in [0.717, 1.165) is 45.6 Å². The van der Waals surface area contributed by atoms with Gasteiger partial charge >= 0.3 is 0 Å². The van der Waals surface area contributed by atoms with Gasteiger partial charge in [-0.2, -0.15) is 0 Å². The van der Waals surface area contributed by atoms with Crippen LogP contribution in [-0.2, 0) is 4.79 Å². The van der Waals surface area contributed by atoms with E-state index in [0.29, 0.717) is 24.5 Å². The van der Waals surface area contributed by atoms with Crippen molar-refractivity contribution in [3.8, 4) is 0 Å². The Labute approximate surface area is 188 Å². The Kier molecular flexibility index (Phi) is 11.1. The number of guanidine groups is 1. The molecule has 0 aromatic heterocycles. The number of rotatable bonds is 7. The minimum Gasteiger partial charge on any atom is -0.370 e. The fourth-order valence-corrected chi connectivity index (χ4v) is 4.04. The first-order valence-electron chi connectivity index (χ1n) is 10.6. The maximum absolute atomic E-state index is 12.0. The molecule has 0 bridgehead atoms. The van der Waals surface area contributed by atoms with Crippen LogP contribution >= 0.6 is 24.0 Å². The molecule has 7 nitrogen and oxygen atoms in total. The van der Waals surface area contributed by atoms with Gasteiger partial charge < -0.3 is 16.4 Å². The molecule has 2 aliphatic rings. The van der Waals surface area contributed by atoms with Gasteiger partial charge in [0, 0.05) is 24.7 Å². The van der Waals surface area contributed by atoms with E-state index in [1.54, 1.807) is 0 Å². The highest BCUT2D eigenvalue weighted by Crippen LogP contribution is 2.18. The molecule has 2 saturated heterocycles. The van der Waals surface area contributed by atoms with Crippen molar-refractivity contribution >= 4 is 35.8 Å². The standard InChI is InChI=1S/C20H40N6O.HI/c1-5-26-10-6-7-17(26)14-23-19(21)22-13-16-8-11-25(12-9-16)15-18(27)24-20(2,3)4;/h16-17H,5-15H2,1-4H3,(H,24,27)(H3,21,22,23);1H. The summed E-state index contributed by atoms with van der Waals surface area (Å²) in [5, 5.41) is 6.34. The number of aliphatic imine (C=N–C) groups is 1. The van der Waals surface area contributed by atoms with Crippen LogP contribution in [0.2, 0.25) is 0 Å². The molecule has 1 atom stereocenters. The summed E-state index contributed by atoms with van der Waals surface area (Å²) < 4.78 is 0. The van der Waals surface area contributed by atoms with Gasteiger partial charge in [0.1, 0.15) is 0 Å². The number of nitrogens with one attached hydrogen (secondary N) is 2. The van der Waals surface area contributed by atoms with Crippen molar-refractivity contribution in [1.82, 2.24) is 20.4 Å². The van der Waals surface area contributed by atoms with Crippen LogP contribution in [0.3, 0.4) is 0 Å². The molecule has 0 spiro atoms. The minimum absolute atomic E-state index is 0. The number of nitrogens with zero attached hydrogens (tertiary/aromatic N) is 3. The Morgan fingerprint density at radius 1 is 1.18 bits per heavy atom. The van der Waals surface area contributed by atoms with Crippen LogP contribution in [0.1, 0.15) is 53.4 Å². The minimum atomic E-state index is -0.165. The lowest BCUT2D eigenvalue weighted by atomic mass is 9.97. The SMILES string of the molecule is CCN1CCCC1CNC(N)=NCC1CCN(CC(=O)NC(C)(C)C)CC1.I. The Balaban J connectivity index is 0.00000392. The number of amides is 1. The number of likely N-dealkylation sites (tertiary alicyclic amines) is 2. The number of likely N-dealkylation sites (N-methyl/N-ethyl adjacent to an activating group) is 1. The van der Waals surface area contributed by atoms with Gasteiger partial charge in [-0.15, -0.1) is 24.0 Å². The molecule has 2 aliphatic heterocycles. The molecule has 4 N–H and O–H groups in total. The molecule has 0 radical (unpaired) electrons. The van der Waals surface area contributed by atoms with Crippen LogP contribution in [0.4, 0.5) is 0 Å². The fraction of sp³-hybridized carbons (Fsp3) is 0.900. The highest BCUT2D eigenvalue weighted by atomic mass is 127. The molecule has 8 heteroatoms. The smallest absolute Gasteiger partial charge is 0.234 e. The van der Waals surface area contributed by atoms with Gasteiger partial charge in [0.2, 0.25) is 5.91 Å². The molecule has 0 aromatic rings. The maximum Gasteiger partial charge on any atom is 0.234 e. The lowest BCUT2D eigenvalue weighted by Crippen LogP contribution is -2.47. The van der Waals surface area contributed by atoms with Crippen molar-refractivity contribution in [1.29, 1.82) is 0 Å². The first-order chi connectivity index (χ1) is 12.8. The molecule has 1 amide bonds. The van der Waals surface area contributed by atoms with Gasteiger partial charge in [-0.3, -0.25) is 19.6 Å². The number of hydrogen-bond donors (Lipinski definition) is 3. The Morgan fingerprint density at radius 3 is 2.46 bits per heavy atom. The number of nitrogens with two attached hydrogens (primary N) is 1. The third-order valence-electron chi connectivity index (χ3n) is 5.53. The number of carbonyl (C=O) groups excluding carboxylic acids is 1. The zero-order valence-electron chi connectivity index (χ0n) is 18.2. The van der Waals surface area contributed by atoms with Crippen LogP contribution in [0.25, 0.3) is 0 Å². The van der Waals surface area contributed by atoms with E-state index in [1.165, 1.54) is 19.4 Å². The Bertz CT molecular complexity index is 499. The summed E-state index contributed by atoms with van der Waals surface area (Å²) in [5.41, 5.74) is 5.90. The van der Waals surface area contributed by atoms with Crippen LogP contribution in [0.15, 0.2) is 4.99 Å². The number of hydrogen-bond acceptors (Lipinski definition) is 4. The normalized spacial score (nSPS) is 22.7. The average molecular weight is 508 g/mol. The van der Waals surface area contributed by atoms with Crippen molar-refractivity contribution < 1.29 is 4.79 Å². The van der Waals surface area contributed by atoms with Gasteiger partial charge in [0.05, 0.1) is 6.54 Å². The first kappa shape index (κ1) is 25.4. The van der Waals surface area contributed by atoms with Crippen molar-refractivity contribution in [3.05, 3.63) is 0 Å². The largest absolute Gasteiger partial charge is 0.370 e. The second-order valence-corrected chi connectivity index (χ2v) is 9.05. The Morgan fingerprint density at radius 2 is 1.86 bits per heavy atom. The quantitative estimate of drug-likeness (QED) is 0.277. The van der Waals surface area contributed by atoms with Gasteiger partial charge in [-0.1, -0.05) is 6.92 Å². The molecule has 0 saturated carbocycles. The van der Waals surface area contributed by atoms with E-state index in [-0.39, 0.29) is 35.4 Å². The van der Waals surface area contributed by atoms with Crippen LogP contribution in [-0.4, -0.2) is 79.1 Å².